The van der Waals surface area contributed by atoms with E-state index in [9.17, 15) is 18.0 Å². The lowest BCUT2D eigenvalue weighted by atomic mass is 9.84. The lowest BCUT2D eigenvalue weighted by Gasteiger charge is -2.34. The number of carbonyl (C=O) groups is 1. The van der Waals surface area contributed by atoms with Crippen molar-refractivity contribution in [3.63, 3.8) is 0 Å². The van der Waals surface area contributed by atoms with Crippen molar-refractivity contribution in [3.05, 3.63) is 0 Å². The monoisotopic (exact) mass is 267 g/mol. The minimum Gasteiger partial charge on any atom is -0.348 e. The molecule has 0 bridgehead atoms. The number of amides is 1. The fourth-order valence-corrected chi connectivity index (χ4v) is 2.44. The molecule has 0 unspecified atom stereocenters. The van der Waals surface area contributed by atoms with Crippen molar-refractivity contribution in [2.75, 3.05) is 19.8 Å². The molecular formula is C11H16F3NO3. The number of rotatable bonds is 2. The summed E-state index contributed by atoms with van der Waals surface area (Å²) in [6.45, 7) is -0.170. The number of nitrogens with one attached hydrogen (secondary N) is 1. The summed E-state index contributed by atoms with van der Waals surface area (Å²) in [5.74, 6) is -1.48. The zero-order valence-corrected chi connectivity index (χ0v) is 9.89. The molecule has 1 N–H and O–H groups in total. The summed E-state index contributed by atoms with van der Waals surface area (Å²) in [6, 6.07) is 0. The largest absolute Gasteiger partial charge is 0.405 e. The molecule has 4 nitrogen and oxygen atoms in total. The lowest BCUT2D eigenvalue weighted by molar-refractivity contribution is -0.184. The molecule has 0 aromatic carbocycles. The van der Waals surface area contributed by atoms with Crippen molar-refractivity contribution >= 4 is 5.91 Å². The van der Waals surface area contributed by atoms with E-state index in [2.05, 4.69) is 0 Å². The van der Waals surface area contributed by atoms with Gasteiger partial charge in [-0.1, -0.05) is 0 Å². The van der Waals surface area contributed by atoms with Crippen molar-refractivity contribution in [2.45, 2.75) is 37.6 Å². The highest BCUT2D eigenvalue weighted by molar-refractivity contribution is 5.78. The van der Waals surface area contributed by atoms with E-state index in [4.69, 9.17) is 9.47 Å². The molecule has 0 atom stereocenters. The van der Waals surface area contributed by atoms with E-state index >= 15 is 0 Å². The Balaban J connectivity index is 1.77. The molecule has 2 rings (SSSR count). The summed E-state index contributed by atoms with van der Waals surface area (Å²) in [4.78, 5) is 11.6. The first-order valence-corrected chi connectivity index (χ1v) is 6.03. The highest BCUT2D eigenvalue weighted by Crippen LogP contribution is 2.38. The molecule has 1 amide bonds. The molecule has 0 radical (unpaired) electrons. The third-order valence-electron chi connectivity index (χ3n) is 3.39. The smallest absolute Gasteiger partial charge is 0.348 e. The second kappa shape index (κ2) is 5.05. The molecule has 2 fully saturated rings. The van der Waals surface area contributed by atoms with Gasteiger partial charge in [0, 0.05) is 18.8 Å². The minimum absolute atomic E-state index is 0.370. The molecule has 1 spiro atoms. The number of hydrogen-bond acceptors (Lipinski definition) is 3. The van der Waals surface area contributed by atoms with Gasteiger partial charge >= 0.3 is 6.18 Å². The fourth-order valence-electron chi connectivity index (χ4n) is 2.44. The van der Waals surface area contributed by atoms with E-state index in [1.165, 1.54) is 0 Å². The first-order valence-electron chi connectivity index (χ1n) is 6.03. The fraction of sp³-hybridized carbons (Fsp3) is 0.909. The average Bonchev–Trinajstić information content (AvgIpc) is 2.75. The molecule has 104 valence electrons. The van der Waals surface area contributed by atoms with Gasteiger partial charge in [0.25, 0.3) is 0 Å². The van der Waals surface area contributed by atoms with Crippen LogP contribution in [-0.4, -0.2) is 37.6 Å². The Labute approximate surface area is 103 Å². The molecule has 1 saturated carbocycles. The summed E-state index contributed by atoms with van der Waals surface area (Å²) in [5, 5.41) is 1.93. The maximum atomic E-state index is 12.0. The Morgan fingerprint density at radius 2 is 1.78 bits per heavy atom. The Bertz CT molecular complexity index is 303. The maximum absolute atomic E-state index is 12.0. The van der Waals surface area contributed by atoms with E-state index in [0.29, 0.717) is 38.9 Å². The summed E-state index contributed by atoms with van der Waals surface area (Å²) in [7, 11) is 0. The minimum atomic E-state index is -4.36. The number of hydrogen-bond donors (Lipinski definition) is 1. The van der Waals surface area contributed by atoms with E-state index in [1.807, 2.05) is 5.32 Å². The van der Waals surface area contributed by atoms with Crippen molar-refractivity contribution in [1.29, 1.82) is 0 Å². The quantitative estimate of drug-likeness (QED) is 0.826. The third-order valence-corrected chi connectivity index (χ3v) is 3.39. The predicted molar refractivity (Wildman–Crippen MR) is 55.7 cm³/mol. The highest BCUT2D eigenvalue weighted by atomic mass is 19.4. The van der Waals surface area contributed by atoms with Crippen LogP contribution in [0.2, 0.25) is 0 Å². The second-order valence-electron chi connectivity index (χ2n) is 4.71. The standard InChI is InChI=1S/C11H16F3NO3/c12-11(13,14)7-15-9(16)8-1-3-10(4-2-8)17-5-6-18-10/h8H,1-7H2,(H,15,16). The Morgan fingerprint density at radius 3 is 2.28 bits per heavy atom. The number of carbonyl (C=O) groups excluding carboxylic acids is 1. The van der Waals surface area contributed by atoms with Gasteiger partial charge < -0.3 is 14.8 Å². The van der Waals surface area contributed by atoms with Gasteiger partial charge in [0.15, 0.2) is 5.79 Å². The maximum Gasteiger partial charge on any atom is 0.405 e. The van der Waals surface area contributed by atoms with Crippen LogP contribution in [0, 0.1) is 5.92 Å². The van der Waals surface area contributed by atoms with Crippen LogP contribution in [0.4, 0.5) is 13.2 Å². The van der Waals surface area contributed by atoms with E-state index in [1.54, 1.807) is 0 Å². The van der Waals surface area contributed by atoms with Crippen LogP contribution in [0.3, 0.4) is 0 Å². The van der Waals surface area contributed by atoms with E-state index in [0.717, 1.165) is 0 Å². The van der Waals surface area contributed by atoms with Crippen LogP contribution in [0.1, 0.15) is 25.7 Å². The molecule has 18 heavy (non-hydrogen) atoms. The Hall–Kier alpha value is -0.820. The van der Waals surface area contributed by atoms with Gasteiger partial charge in [-0.25, -0.2) is 0 Å². The van der Waals surface area contributed by atoms with Crippen LogP contribution in [0.5, 0.6) is 0 Å². The van der Waals surface area contributed by atoms with Crippen molar-refractivity contribution in [2.24, 2.45) is 5.92 Å². The van der Waals surface area contributed by atoms with Gasteiger partial charge in [0.1, 0.15) is 6.54 Å². The molecule has 2 aliphatic rings. The van der Waals surface area contributed by atoms with Gasteiger partial charge in [-0.3, -0.25) is 4.79 Å². The number of ether oxygens (including phenoxy) is 2. The second-order valence-corrected chi connectivity index (χ2v) is 4.71. The van der Waals surface area contributed by atoms with Crippen LogP contribution in [-0.2, 0) is 14.3 Å². The molecule has 1 saturated heterocycles. The Kier molecular flexibility index (Phi) is 3.82. The lowest BCUT2D eigenvalue weighted by Crippen LogP contribution is -2.42. The topological polar surface area (TPSA) is 47.6 Å². The molecule has 0 aromatic rings. The van der Waals surface area contributed by atoms with E-state index in [-0.39, 0.29) is 5.92 Å². The van der Waals surface area contributed by atoms with Gasteiger partial charge in [-0.05, 0) is 12.8 Å². The van der Waals surface area contributed by atoms with E-state index < -0.39 is 24.4 Å². The first-order chi connectivity index (χ1) is 8.40. The van der Waals surface area contributed by atoms with Crippen molar-refractivity contribution < 1.29 is 27.4 Å². The third kappa shape index (κ3) is 3.35. The van der Waals surface area contributed by atoms with Crippen LogP contribution < -0.4 is 5.32 Å². The van der Waals surface area contributed by atoms with Crippen molar-refractivity contribution in [3.8, 4) is 0 Å². The van der Waals surface area contributed by atoms with Gasteiger partial charge in [0.05, 0.1) is 13.2 Å². The first kappa shape index (κ1) is 13.6. The molecule has 1 aliphatic heterocycles. The SMILES string of the molecule is O=C(NCC(F)(F)F)C1CCC2(CC1)OCCO2. The van der Waals surface area contributed by atoms with Crippen molar-refractivity contribution in [1.82, 2.24) is 5.32 Å². The molecular weight excluding hydrogens is 251 g/mol. The molecule has 0 aromatic heterocycles. The van der Waals surface area contributed by atoms with Crippen LogP contribution in [0.25, 0.3) is 0 Å². The molecule has 7 heteroatoms. The summed E-state index contributed by atoms with van der Waals surface area (Å²) in [5.41, 5.74) is 0. The van der Waals surface area contributed by atoms with Gasteiger partial charge in [-0.15, -0.1) is 0 Å². The highest BCUT2D eigenvalue weighted by Gasteiger charge is 2.42. The Morgan fingerprint density at radius 1 is 1.22 bits per heavy atom. The zero-order valence-electron chi connectivity index (χ0n) is 9.89. The summed E-state index contributed by atoms with van der Waals surface area (Å²) < 4.78 is 46.9. The van der Waals surface area contributed by atoms with Gasteiger partial charge in [-0.2, -0.15) is 13.2 Å². The van der Waals surface area contributed by atoms with Gasteiger partial charge in [0.2, 0.25) is 5.91 Å². The zero-order chi connectivity index (χ0) is 13.2. The predicted octanol–water partition coefficient (Wildman–Crippen LogP) is 1.60. The number of halogens is 3. The number of alkyl halides is 3. The molecule has 1 aliphatic carbocycles. The summed E-state index contributed by atoms with van der Waals surface area (Å²) in [6.07, 6.45) is -2.22. The summed E-state index contributed by atoms with van der Waals surface area (Å²) >= 11 is 0. The average molecular weight is 267 g/mol. The van der Waals surface area contributed by atoms with Crippen LogP contribution in [0.15, 0.2) is 0 Å². The van der Waals surface area contributed by atoms with Crippen LogP contribution >= 0.6 is 0 Å². The normalized spacial score (nSPS) is 24.4. The molecule has 1 heterocycles.